The van der Waals surface area contributed by atoms with Crippen LogP contribution < -0.4 is 10.6 Å². The second-order valence-corrected chi connectivity index (χ2v) is 5.25. The second kappa shape index (κ2) is 6.04. The van der Waals surface area contributed by atoms with Gasteiger partial charge < -0.3 is 10.6 Å². The third-order valence-electron chi connectivity index (χ3n) is 3.08. The van der Waals surface area contributed by atoms with Gasteiger partial charge in [0.05, 0.1) is 5.56 Å². The molecule has 0 saturated carbocycles. The zero-order valence-electron chi connectivity index (χ0n) is 9.67. The standard InChI is InChI=1S/C13H16BrN3/c14-13-6-12(4-3-11(13)7-15)17-9-10-2-1-5-16-8-10/h3-4,6,10,16-17H,1-2,5,8-9H2. The summed E-state index contributed by atoms with van der Waals surface area (Å²) < 4.78 is 0.853. The maximum atomic E-state index is 8.83. The lowest BCUT2D eigenvalue weighted by molar-refractivity contribution is 0.393. The van der Waals surface area contributed by atoms with Gasteiger partial charge in [-0.2, -0.15) is 5.26 Å². The monoisotopic (exact) mass is 293 g/mol. The minimum absolute atomic E-state index is 0.676. The molecule has 1 saturated heterocycles. The van der Waals surface area contributed by atoms with Gasteiger partial charge in [0.2, 0.25) is 0 Å². The summed E-state index contributed by atoms with van der Waals surface area (Å²) in [4.78, 5) is 0. The van der Waals surface area contributed by atoms with Crippen LogP contribution in [0.15, 0.2) is 22.7 Å². The van der Waals surface area contributed by atoms with Crippen LogP contribution in [0.1, 0.15) is 18.4 Å². The van der Waals surface area contributed by atoms with Gasteiger partial charge in [-0.15, -0.1) is 0 Å². The predicted octanol–water partition coefficient (Wildman–Crippen LogP) is 2.73. The minimum atomic E-state index is 0.676. The van der Waals surface area contributed by atoms with E-state index in [1.807, 2.05) is 18.2 Å². The zero-order chi connectivity index (χ0) is 12.1. The lowest BCUT2D eigenvalue weighted by Crippen LogP contribution is -2.33. The molecule has 1 aliphatic heterocycles. The molecular formula is C13H16BrN3. The van der Waals surface area contributed by atoms with Crippen molar-refractivity contribution in [3.05, 3.63) is 28.2 Å². The molecule has 4 heteroatoms. The van der Waals surface area contributed by atoms with Crippen molar-refractivity contribution in [1.82, 2.24) is 5.32 Å². The smallest absolute Gasteiger partial charge is 0.100 e. The number of nitrogens with one attached hydrogen (secondary N) is 2. The first-order valence-corrected chi connectivity index (χ1v) is 6.73. The van der Waals surface area contributed by atoms with Crippen LogP contribution in [0.4, 0.5) is 5.69 Å². The van der Waals surface area contributed by atoms with Crippen LogP contribution in [0.3, 0.4) is 0 Å². The van der Waals surface area contributed by atoms with Crippen LogP contribution in [0.2, 0.25) is 0 Å². The number of nitriles is 1. The Morgan fingerprint density at radius 1 is 1.53 bits per heavy atom. The Bertz CT molecular complexity index is 419. The van der Waals surface area contributed by atoms with Gasteiger partial charge in [0.25, 0.3) is 0 Å². The van der Waals surface area contributed by atoms with E-state index >= 15 is 0 Å². The third kappa shape index (κ3) is 3.45. The summed E-state index contributed by atoms with van der Waals surface area (Å²) in [7, 11) is 0. The first kappa shape index (κ1) is 12.4. The van der Waals surface area contributed by atoms with Crippen LogP contribution in [-0.2, 0) is 0 Å². The van der Waals surface area contributed by atoms with Crippen LogP contribution in [-0.4, -0.2) is 19.6 Å². The number of hydrogen-bond donors (Lipinski definition) is 2. The molecule has 1 fully saturated rings. The van der Waals surface area contributed by atoms with E-state index in [0.29, 0.717) is 11.5 Å². The third-order valence-corrected chi connectivity index (χ3v) is 3.74. The van der Waals surface area contributed by atoms with E-state index < -0.39 is 0 Å². The maximum Gasteiger partial charge on any atom is 0.100 e. The summed E-state index contributed by atoms with van der Waals surface area (Å²) in [5.74, 6) is 0.707. The first-order valence-electron chi connectivity index (χ1n) is 5.94. The molecule has 1 atom stereocenters. The molecule has 17 heavy (non-hydrogen) atoms. The molecule has 1 unspecified atom stereocenters. The Hall–Kier alpha value is -1.05. The highest BCUT2D eigenvalue weighted by Gasteiger charge is 2.12. The Morgan fingerprint density at radius 2 is 2.41 bits per heavy atom. The summed E-state index contributed by atoms with van der Waals surface area (Å²) in [6.45, 7) is 3.24. The fourth-order valence-corrected chi connectivity index (χ4v) is 2.54. The van der Waals surface area contributed by atoms with Crippen LogP contribution in [0, 0.1) is 17.2 Å². The number of piperidine rings is 1. The van der Waals surface area contributed by atoms with Crippen molar-refractivity contribution in [3.63, 3.8) is 0 Å². The van der Waals surface area contributed by atoms with Crippen LogP contribution >= 0.6 is 15.9 Å². The normalized spacial score (nSPS) is 19.6. The van der Waals surface area contributed by atoms with Gasteiger partial charge in [0, 0.05) is 16.7 Å². The van der Waals surface area contributed by atoms with E-state index in [1.165, 1.54) is 12.8 Å². The first-order chi connectivity index (χ1) is 8.29. The number of benzene rings is 1. The van der Waals surface area contributed by atoms with E-state index in [9.17, 15) is 0 Å². The van der Waals surface area contributed by atoms with Gasteiger partial charge >= 0.3 is 0 Å². The van der Waals surface area contributed by atoms with Gasteiger partial charge in [-0.1, -0.05) is 0 Å². The largest absolute Gasteiger partial charge is 0.385 e. The highest BCUT2D eigenvalue weighted by molar-refractivity contribution is 9.10. The van der Waals surface area contributed by atoms with E-state index in [2.05, 4.69) is 32.6 Å². The molecule has 1 heterocycles. The summed E-state index contributed by atoms with van der Waals surface area (Å²) >= 11 is 3.40. The van der Waals surface area contributed by atoms with E-state index in [4.69, 9.17) is 5.26 Å². The Labute approximate surface area is 110 Å². The van der Waals surface area contributed by atoms with Gasteiger partial charge in [-0.3, -0.25) is 0 Å². The fourth-order valence-electron chi connectivity index (χ4n) is 2.08. The topological polar surface area (TPSA) is 47.9 Å². The number of rotatable bonds is 3. The van der Waals surface area contributed by atoms with Gasteiger partial charge in [0.15, 0.2) is 0 Å². The minimum Gasteiger partial charge on any atom is -0.385 e. The highest BCUT2D eigenvalue weighted by atomic mass is 79.9. The van der Waals surface area contributed by atoms with Gasteiger partial charge in [0.1, 0.15) is 6.07 Å². The molecule has 0 aliphatic carbocycles. The molecule has 0 amide bonds. The molecule has 3 nitrogen and oxygen atoms in total. The van der Waals surface area contributed by atoms with Crippen molar-refractivity contribution in [2.75, 3.05) is 25.0 Å². The maximum absolute atomic E-state index is 8.83. The SMILES string of the molecule is N#Cc1ccc(NCC2CCCNC2)cc1Br. The Balaban J connectivity index is 1.90. The van der Waals surface area contributed by atoms with Crippen LogP contribution in [0.25, 0.3) is 0 Å². The molecule has 0 spiro atoms. The molecular weight excluding hydrogens is 278 g/mol. The molecule has 0 bridgehead atoms. The molecule has 1 aliphatic rings. The number of halogens is 1. The summed E-state index contributed by atoms with van der Waals surface area (Å²) in [6.07, 6.45) is 2.56. The molecule has 90 valence electrons. The summed E-state index contributed by atoms with van der Waals surface area (Å²) in [5, 5.41) is 15.7. The average molecular weight is 294 g/mol. The van der Waals surface area contributed by atoms with Gasteiger partial charge in [-0.05, 0) is 66.0 Å². The van der Waals surface area contributed by atoms with E-state index in [1.54, 1.807) is 0 Å². The lowest BCUT2D eigenvalue weighted by atomic mass is 10.00. The Kier molecular flexibility index (Phi) is 4.41. The Morgan fingerprint density at radius 3 is 3.06 bits per heavy atom. The summed E-state index contributed by atoms with van der Waals surface area (Å²) in [6, 6.07) is 7.91. The number of anilines is 1. The quantitative estimate of drug-likeness (QED) is 0.901. The van der Waals surface area contributed by atoms with E-state index in [-0.39, 0.29) is 0 Å². The summed E-state index contributed by atoms with van der Waals surface area (Å²) in [5.41, 5.74) is 1.75. The van der Waals surface area contributed by atoms with Crippen molar-refractivity contribution in [2.24, 2.45) is 5.92 Å². The van der Waals surface area contributed by atoms with E-state index in [0.717, 1.165) is 29.8 Å². The number of hydrogen-bond acceptors (Lipinski definition) is 3. The lowest BCUT2D eigenvalue weighted by Gasteiger charge is -2.23. The van der Waals surface area contributed by atoms with Gasteiger partial charge in [-0.25, -0.2) is 0 Å². The molecule has 0 aromatic heterocycles. The molecule has 2 N–H and O–H groups in total. The average Bonchev–Trinajstić information content (AvgIpc) is 2.38. The molecule has 1 aromatic carbocycles. The second-order valence-electron chi connectivity index (χ2n) is 4.40. The van der Waals surface area contributed by atoms with Crippen molar-refractivity contribution in [1.29, 1.82) is 5.26 Å². The number of nitrogens with zero attached hydrogens (tertiary/aromatic N) is 1. The molecule has 2 rings (SSSR count). The molecule has 0 radical (unpaired) electrons. The van der Waals surface area contributed by atoms with Crippen LogP contribution in [0.5, 0.6) is 0 Å². The van der Waals surface area contributed by atoms with Crippen molar-refractivity contribution in [3.8, 4) is 6.07 Å². The predicted molar refractivity (Wildman–Crippen MR) is 72.9 cm³/mol. The van der Waals surface area contributed by atoms with Crippen molar-refractivity contribution in [2.45, 2.75) is 12.8 Å². The highest BCUT2D eigenvalue weighted by Crippen LogP contribution is 2.21. The zero-order valence-corrected chi connectivity index (χ0v) is 11.3. The van der Waals surface area contributed by atoms with Crippen molar-refractivity contribution < 1.29 is 0 Å². The van der Waals surface area contributed by atoms with Crippen molar-refractivity contribution >= 4 is 21.6 Å². The fraction of sp³-hybridized carbons (Fsp3) is 0.462. The molecule has 1 aromatic rings.